The third-order valence-corrected chi connectivity index (χ3v) is 4.75. The van der Waals surface area contributed by atoms with E-state index in [0.29, 0.717) is 12.4 Å². The first kappa shape index (κ1) is 23.1. The van der Waals surface area contributed by atoms with E-state index in [2.05, 4.69) is 39.2 Å². The lowest BCUT2D eigenvalue weighted by Gasteiger charge is -2.37. The molecule has 1 saturated heterocycles. The zero-order valence-corrected chi connectivity index (χ0v) is 19.6. The Hall–Kier alpha value is -2.23. The summed E-state index contributed by atoms with van der Waals surface area (Å²) in [6, 6.07) is 12.1. The van der Waals surface area contributed by atoms with Gasteiger partial charge >= 0.3 is 0 Å². The van der Waals surface area contributed by atoms with Crippen molar-refractivity contribution >= 4 is 35.6 Å². The van der Waals surface area contributed by atoms with Crippen LogP contribution in [0.1, 0.15) is 12.5 Å². The van der Waals surface area contributed by atoms with Crippen molar-refractivity contribution in [2.75, 3.05) is 51.8 Å². The van der Waals surface area contributed by atoms with Crippen LogP contribution in [0.15, 0.2) is 47.6 Å². The first-order valence-electron chi connectivity index (χ1n) is 9.64. The summed E-state index contributed by atoms with van der Waals surface area (Å²) in [7, 11) is 3.33. The number of aromatic nitrogens is 1. The zero-order valence-electron chi connectivity index (χ0n) is 17.3. The Morgan fingerprint density at radius 2 is 1.90 bits per heavy atom. The molecule has 7 nitrogen and oxygen atoms in total. The second-order valence-electron chi connectivity index (χ2n) is 6.55. The number of aliphatic imine (C=N–C) groups is 1. The van der Waals surface area contributed by atoms with Crippen molar-refractivity contribution in [3.05, 3.63) is 48.2 Å². The quantitative estimate of drug-likeness (QED) is 0.366. The van der Waals surface area contributed by atoms with Gasteiger partial charge in [0.05, 0.1) is 20.8 Å². The van der Waals surface area contributed by atoms with Crippen LogP contribution in [0.2, 0.25) is 0 Å². The van der Waals surface area contributed by atoms with Crippen LogP contribution in [-0.4, -0.2) is 62.8 Å². The summed E-state index contributed by atoms with van der Waals surface area (Å²) < 4.78 is 10.5. The van der Waals surface area contributed by atoms with E-state index in [-0.39, 0.29) is 24.0 Å². The normalized spacial score (nSPS) is 14.2. The molecule has 1 aliphatic rings. The van der Waals surface area contributed by atoms with E-state index in [9.17, 15) is 0 Å². The average Bonchev–Trinajstić information content (AvgIpc) is 2.77. The van der Waals surface area contributed by atoms with E-state index >= 15 is 0 Å². The molecule has 2 heterocycles. The molecule has 1 aromatic heterocycles. The predicted octanol–water partition coefficient (Wildman–Crippen LogP) is 3.00. The van der Waals surface area contributed by atoms with Crippen LogP contribution in [0, 0.1) is 0 Å². The van der Waals surface area contributed by atoms with Crippen molar-refractivity contribution in [3.8, 4) is 11.6 Å². The SMILES string of the molecule is CCNC(=NCc1ccnc(OC)c1)N1CCN(c2cccc(OC)c2)CC1.I. The number of methoxy groups -OCH3 is 2. The highest BCUT2D eigenvalue weighted by Gasteiger charge is 2.20. The van der Waals surface area contributed by atoms with Gasteiger partial charge in [-0.25, -0.2) is 9.98 Å². The largest absolute Gasteiger partial charge is 0.497 e. The topological polar surface area (TPSA) is 62.2 Å². The number of nitrogens with one attached hydrogen (secondary N) is 1. The van der Waals surface area contributed by atoms with Crippen molar-refractivity contribution in [3.63, 3.8) is 0 Å². The lowest BCUT2D eigenvalue weighted by molar-refractivity contribution is 0.372. The molecule has 0 radical (unpaired) electrons. The van der Waals surface area contributed by atoms with Gasteiger partial charge in [0, 0.05) is 56.7 Å². The Morgan fingerprint density at radius 1 is 1.10 bits per heavy atom. The third kappa shape index (κ3) is 6.38. The molecule has 1 aliphatic heterocycles. The molecule has 0 atom stereocenters. The van der Waals surface area contributed by atoms with Gasteiger partial charge in [0.25, 0.3) is 0 Å². The van der Waals surface area contributed by atoms with Gasteiger partial charge in [0.2, 0.25) is 5.88 Å². The fourth-order valence-electron chi connectivity index (χ4n) is 3.24. The highest BCUT2D eigenvalue weighted by Crippen LogP contribution is 2.22. The van der Waals surface area contributed by atoms with Gasteiger partial charge in [0.15, 0.2) is 5.96 Å². The number of anilines is 1. The molecule has 2 aromatic rings. The van der Waals surface area contributed by atoms with E-state index in [0.717, 1.165) is 50.0 Å². The zero-order chi connectivity index (χ0) is 19.8. The maximum absolute atomic E-state index is 5.35. The van der Waals surface area contributed by atoms with Crippen LogP contribution in [-0.2, 0) is 6.54 Å². The summed E-state index contributed by atoms with van der Waals surface area (Å²) in [5.41, 5.74) is 2.28. The van der Waals surface area contributed by atoms with Crippen LogP contribution in [0.25, 0.3) is 0 Å². The first-order valence-corrected chi connectivity index (χ1v) is 9.64. The second-order valence-corrected chi connectivity index (χ2v) is 6.55. The van der Waals surface area contributed by atoms with E-state index in [1.54, 1.807) is 20.4 Å². The number of nitrogens with zero attached hydrogens (tertiary/aromatic N) is 4. The van der Waals surface area contributed by atoms with E-state index < -0.39 is 0 Å². The third-order valence-electron chi connectivity index (χ3n) is 4.75. The molecule has 1 N–H and O–H groups in total. The Kier molecular flexibility index (Phi) is 9.30. The first-order chi connectivity index (χ1) is 13.7. The van der Waals surface area contributed by atoms with Gasteiger partial charge < -0.3 is 24.6 Å². The molecule has 0 spiro atoms. The molecular weight excluding hydrogens is 481 g/mol. The molecular formula is C21H30IN5O2. The van der Waals surface area contributed by atoms with Crippen molar-refractivity contribution in [1.29, 1.82) is 0 Å². The Morgan fingerprint density at radius 3 is 2.59 bits per heavy atom. The van der Waals surface area contributed by atoms with Crippen LogP contribution < -0.4 is 19.7 Å². The van der Waals surface area contributed by atoms with E-state index in [1.165, 1.54) is 5.69 Å². The van der Waals surface area contributed by atoms with Crippen molar-refractivity contribution in [1.82, 2.24) is 15.2 Å². The number of piperazine rings is 1. The molecule has 1 aromatic carbocycles. The van der Waals surface area contributed by atoms with Crippen LogP contribution in [0.5, 0.6) is 11.6 Å². The van der Waals surface area contributed by atoms with E-state index in [4.69, 9.17) is 14.5 Å². The van der Waals surface area contributed by atoms with Crippen molar-refractivity contribution < 1.29 is 9.47 Å². The minimum atomic E-state index is 0. The second kappa shape index (κ2) is 11.7. The number of halogens is 1. The summed E-state index contributed by atoms with van der Waals surface area (Å²) >= 11 is 0. The lowest BCUT2D eigenvalue weighted by atomic mass is 10.2. The Bertz CT molecular complexity index is 794. The number of guanidine groups is 1. The van der Waals surface area contributed by atoms with Gasteiger partial charge in [-0.2, -0.15) is 0 Å². The number of hydrogen-bond acceptors (Lipinski definition) is 5. The Balaban J connectivity index is 0.00000300. The lowest BCUT2D eigenvalue weighted by Crippen LogP contribution is -2.52. The number of pyridine rings is 1. The molecule has 0 bridgehead atoms. The maximum atomic E-state index is 5.35. The van der Waals surface area contributed by atoms with Crippen LogP contribution in [0.4, 0.5) is 5.69 Å². The van der Waals surface area contributed by atoms with E-state index in [1.807, 2.05) is 24.3 Å². The summed E-state index contributed by atoms with van der Waals surface area (Å²) in [5.74, 6) is 2.45. The van der Waals surface area contributed by atoms with Crippen LogP contribution in [0.3, 0.4) is 0 Å². The minimum Gasteiger partial charge on any atom is -0.497 e. The van der Waals surface area contributed by atoms with Gasteiger partial charge in [-0.15, -0.1) is 24.0 Å². The van der Waals surface area contributed by atoms with Crippen LogP contribution >= 0.6 is 24.0 Å². The number of rotatable bonds is 6. The standard InChI is InChI=1S/C21H29N5O2.HI/c1-4-22-21(24-16-17-8-9-23-20(14-17)28-3)26-12-10-25(11-13-26)18-6-5-7-19(15-18)27-2;/h5-9,14-15H,4,10-13,16H2,1-3H3,(H,22,24);1H. The molecule has 0 saturated carbocycles. The molecule has 0 aliphatic carbocycles. The van der Waals surface area contributed by atoms with Crippen molar-refractivity contribution in [2.24, 2.45) is 4.99 Å². The monoisotopic (exact) mass is 511 g/mol. The Labute approximate surface area is 190 Å². The predicted molar refractivity (Wildman–Crippen MR) is 128 cm³/mol. The number of ether oxygens (including phenoxy) is 2. The van der Waals surface area contributed by atoms with Gasteiger partial charge in [-0.1, -0.05) is 6.07 Å². The van der Waals surface area contributed by atoms with Crippen molar-refractivity contribution in [2.45, 2.75) is 13.5 Å². The summed E-state index contributed by atoms with van der Waals surface area (Å²) in [4.78, 5) is 13.7. The molecule has 8 heteroatoms. The summed E-state index contributed by atoms with van der Waals surface area (Å²) in [5, 5.41) is 3.41. The maximum Gasteiger partial charge on any atom is 0.213 e. The molecule has 0 amide bonds. The fourth-order valence-corrected chi connectivity index (χ4v) is 3.24. The fraction of sp³-hybridized carbons (Fsp3) is 0.429. The average molecular weight is 511 g/mol. The van der Waals surface area contributed by atoms with Gasteiger partial charge in [-0.05, 0) is 30.7 Å². The summed E-state index contributed by atoms with van der Waals surface area (Å²) in [6.07, 6.45) is 1.75. The van der Waals surface area contributed by atoms with Gasteiger partial charge in [-0.3, -0.25) is 0 Å². The highest BCUT2D eigenvalue weighted by atomic mass is 127. The number of benzene rings is 1. The minimum absolute atomic E-state index is 0. The smallest absolute Gasteiger partial charge is 0.213 e. The van der Waals surface area contributed by atoms with Gasteiger partial charge in [0.1, 0.15) is 5.75 Å². The molecule has 0 unspecified atom stereocenters. The molecule has 158 valence electrons. The highest BCUT2D eigenvalue weighted by molar-refractivity contribution is 14.0. The summed E-state index contributed by atoms with van der Waals surface area (Å²) in [6.45, 7) is 7.26. The molecule has 1 fully saturated rings. The molecule has 29 heavy (non-hydrogen) atoms. The molecule has 3 rings (SSSR count). The number of hydrogen-bond donors (Lipinski definition) is 1.